The molecular formula is C24H41N5O2. The van der Waals surface area contributed by atoms with Gasteiger partial charge >= 0.3 is 0 Å². The van der Waals surface area contributed by atoms with Crippen LogP contribution in [0.4, 0.5) is 5.69 Å². The predicted octanol–water partition coefficient (Wildman–Crippen LogP) is 2.46. The van der Waals surface area contributed by atoms with Crippen LogP contribution in [-0.4, -0.2) is 103 Å². The van der Waals surface area contributed by atoms with Gasteiger partial charge in [-0.15, -0.1) is 0 Å². The number of hydrogen-bond donors (Lipinski definition) is 1. The lowest BCUT2D eigenvalue weighted by molar-refractivity contribution is -0.134. The van der Waals surface area contributed by atoms with Gasteiger partial charge in [-0.25, -0.2) is 0 Å². The topological polar surface area (TPSA) is 59.1 Å². The van der Waals surface area contributed by atoms with E-state index < -0.39 is 0 Å². The van der Waals surface area contributed by atoms with Crippen molar-refractivity contribution in [2.75, 3.05) is 71.3 Å². The fourth-order valence-corrected chi connectivity index (χ4v) is 4.03. The zero-order valence-corrected chi connectivity index (χ0v) is 20.1. The summed E-state index contributed by atoms with van der Waals surface area (Å²) < 4.78 is 0. The number of amides is 2. The van der Waals surface area contributed by atoms with Crippen LogP contribution in [0.3, 0.4) is 0 Å². The Labute approximate surface area is 188 Å². The fourth-order valence-electron chi connectivity index (χ4n) is 4.03. The monoisotopic (exact) mass is 431 g/mol. The maximum atomic E-state index is 12.7. The van der Waals surface area contributed by atoms with Gasteiger partial charge in [-0.1, -0.05) is 20.8 Å². The summed E-state index contributed by atoms with van der Waals surface area (Å²) in [7, 11) is 1.86. The molecule has 1 N–H and O–H groups in total. The van der Waals surface area contributed by atoms with E-state index in [1.807, 2.05) is 55.0 Å². The first-order valence-electron chi connectivity index (χ1n) is 11.8. The summed E-state index contributed by atoms with van der Waals surface area (Å²) in [6, 6.07) is 8.16. The van der Waals surface area contributed by atoms with Gasteiger partial charge in [0.15, 0.2) is 0 Å². The van der Waals surface area contributed by atoms with Gasteiger partial charge in [0, 0.05) is 76.7 Å². The van der Waals surface area contributed by atoms with Crippen molar-refractivity contribution in [3.63, 3.8) is 0 Å². The summed E-state index contributed by atoms with van der Waals surface area (Å²) in [5.41, 5.74) is 1.71. The molecule has 7 nitrogen and oxygen atoms in total. The molecule has 2 saturated heterocycles. The van der Waals surface area contributed by atoms with Gasteiger partial charge in [-0.2, -0.15) is 0 Å². The molecule has 0 aromatic heterocycles. The summed E-state index contributed by atoms with van der Waals surface area (Å²) in [4.78, 5) is 33.9. The number of carbonyl (C=O) groups is 2. The van der Waals surface area contributed by atoms with Crippen molar-refractivity contribution in [2.24, 2.45) is 0 Å². The Kier molecular flexibility index (Phi) is 10.3. The van der Waals surface area contributed by atoms with Gasteiger partial charge in [0.1, 0.15) is 0 Å². The first-order chi connectivity index (χ1) is 15.0. The third-order valence-corrected chi connectivity index (χ3v) is 6.32. The van der Waals surface area contributed by atoms with E-state index in [1.54, 1.807) is 0 Å². The second kappa shape index (κ2) is 12.7. The maximum Gasteiger partial charge on any atom is 0.253 e. The van der Waals surface area contributed by atoms with E-state index in [1.165, 1.54) is 0 Å². The molecule has 1 atom stereocenters. The van der Waals surface area contributed by atoms with E-state index in [-0.39, 0.29) is 11.8 Å². The average molecular weight is 432 g/mol. The fraction of sp³-hybridized carbons (Fsp3) is 0.667. The maximum absolute atomic E-state index is 12.7. The van der Waals surface area contributed by atoms with Gasteiger partial charge in [-0.3, -0.25) is 19.4 Å². The van der Waals surface area contributed by atoms with Crippen LogP contribution in [0.1, 0.15) is 44.5 Å². The Morgan fingerprint density at radius 2 is 1.45 bits per heavy atom. The van der Waals surface area contributed by atoms with Gasteiger partial charge in [0.25, 0.3) is 5.91 Å². The number of piperazine rings is 2. The molecule has 3 rings (SSSR count). The lowest BCUT2D eigenvalue weighted by atomic mass is 10.1. The smallest absolute Gasteiger partial charge is 0.253 e. The number of nitrogens with zero attached hydrogens (tertiary/aromatic N) is 4. The summed E-state index contributed by atoms with van der Waals surface area (Å²) in [6.07, 6.45) is 1.15. The minimum atomic E-state index is 0.0693. The van der Waals surface area contributed by atoms with E-state index in [9.17, 15) is 9.59 Å². The highest BCUT2D eigenvalue weighted by Gasteiger charge is 2.27. The molecule has 2 amide bonds. The average Bonchev–Trinajstić information content (AvgIpc) is 2.85. The number of carbonyl (C=O) groups excluding carboxylic acids is 2. The molecule has 2 aliphatic heterocycles. The van der Waals surface area contributed by atoms with Crippen LogP contribution in [-0.2, 0) is 4.79 Å². The summed E-state index contributed by atoms with van der Waals surface area (Å²) in [5, 5.41) is 3.06. The summed E-state index contributed by atoms with van der Waals surface area (Å²) in [6.45, 7) is 15.3. The molecule has 31 heavy (non-hydrogen) atoms. The van der Waals surface area contributed by atoms with Crippen LogP contribution in [0.5, 0.6) is 0 Å². The Morgan fingerprint density at radius 1 is 0.903 bits per heavy atom. The first-order valence-corrected chi connectivity index (χ1v) is 11.8. The third-order valence-electron chi connectivity index (χ3n) is 6.32. The SMILES string of the molecule is CC.CCC(C)N1CCN(C(=O)CN2CCN(C(=O)c3ccc(NC)cc3)CC2)CC1. The van der Waals surface area contributed by atoms with Crippen molar-refractivity contribution in [3.05, 3.63) is 29.8 Å². The standard InChI is InChI=1S/C22H35N5O2.C2H6/c1-4-18(2)25-13-15-26(16-14-25)21(28)17-24-9-11-27(12-10-24)22(29)19-5-7-20(23-3)8-6-19;1-2/h5-8,18,23H,4,9-17H2,1-3H3;1-2H3. The lowest BCUT2D eigenvalue weighted by Gasteiger charge is -2.39. The van der Waals surface area contributed by atoms with Crippen LogP contribution >= 0.6 is 0 Å². The molecule has 1 aromatic rings. The van der Waals surface area contributed by atoms with Crippen molar-refractivity contribution in [1.29, 1.82) is 0 Å². The molecule has 0 bridgehead atoms. The molecule has 0 spiro atoms. The van der Waals surface area contributed by atoms with Crippen molar-refractivity contribution in [3.8, 4) is 0 Å². The number of nitrogens with one attached hydrogen (secondary N) is 1. The molecule has 0 saturated carbocycles. The molecule has 2 aliphatic rings. The molecule has 1 unspecified atom stereocenters. The molecule has 2 fully saturated rings. The van der Waals surface area contributed by atoms with Crippen molar-refractivity contribution >= 4 is 17.5 Å². The van der Waals surface area contributed by atoms with Crippen LogP contribution < -0.4 is 5.32 Å². The first kappa shape index (κ1) is 25.1. The van der Waals surface area contributed by atoms with Gasteiger partial charge < -0.3 is 15.1 Å². The summed E-state index contributed by atoms with van der Waals surface area (Å²) in [5.74, 6) is 0.288. The highest BCUT2D eigenvalue weighted by atomic mass is 16.2. The molecule has 7 heteroatoms. The molecule has 174 valence electrons. The minimum absolute atomic E-state index is 0.0693. The van der Waals surface area contributed by atoms with Crippen LogP contribution in [0.25, 0.3) is 0 Å². The number of benzene rings is 1. The van der Waals surface area contributed by atoms with Crippen LogP contribution in [0.2, 0.25) is 0 Å². The molecule has 2 heterocycles. The highest BCUT2D eigenvalue weighted by molar-refractivity contribution is 5.94. The predicted molar refractivity (Wildman–Crippen MR) is 128 cm³/mol. The minimum Gasteiger partial charge on any atom is -0.388 e. The zero-order valence-electron chi connectivity index (χ0n) is 20.1. The molecule has 1 aromatic carbocycles. The Balaban J connectivity index is 0.00000166. The second-order valence-corrected chi connectivity index (χ2v) is 8.07. The van der Waals surface area contributed by atoms with Gasteiger partial charge in [-0.05, 0) is 37.6 Å². The number of hydrogen-bond acceptors (Lipinski definition) is 5. The van der Waals surface area contributed by atoms with Crippen molar-refractivity contribution < 1.29 is 9.59 Å². The van der Waals surface area contributed by atoms with E-state index in [2.05, 4.69) is 29.0 Å². The second-order valence-electron chi connectivity index (χ2n) is 8.07. The Morgan fingerprint density at radius 3 is 1.97 bits per heavy atom. The van der Waals surface area contributed by atoms with Crippen LogP contribution in [0, 0.1) is 0 Å². The van der Waals surface area contributed by atoms with Gasteiger partial charge in [0.05, 0.1) is 6.54 Å². The zero-order chi connectivity index (χ0) is 22.8. The van der Waals surface area contributed by atoms with E-state index in [0.717, 1.165) is 51.4 Å². The lowest BCUT2D eigenvalue weighted by Crippen LogP contribution is -2.55. The highest BCUT2D eigenvalue weighted by Crippen LogP contribution is 2.13. The largest absolute Gasteiger partial charge is 0.388 e. The number of anilines is 1. The third kappa shape index (κ3) is 6.94. The van der Waals surface area contributed by atoms with Crippen molar-refractivity contribution in [2.45, 2.75) is 40.2 Å². The van der Waals surface area contributed by atoms with Gasteiger partial charge in [0.2, 0.25) is 5.91 Å². The Bertz CT molecular complexity index is 678. The summed E-state index contributed by atoms with van der Waals surface area (Å²) >= 11 is 0. The molecular weight excluding hydrogens is 390 g/mol. The quantitative estimate of drug-likeness (QED) is 0.750. The van der Waals surface area contributed by atoms with E-state index in [4.69, 9.17) is 0 Å². The Hall–Kier alpha value is -2.12. The molecule has 0 radical (unpaired) electrons. The normalized spacial score (nSPS) is 18.7. The van der Waals surface area contributed by atoms with E-state index in [0.29, 0.717) is 31.2 Å². The van der Waals surface area contributed by atoms with Crippen LogP contribution in [0.15, 0.2) is 24.3 Å². The van der Waals surface area contributed by atoms with E-state index >= 15 is 0 Å². The number of rotatable bonds is 6. The molecule has 0 aliphatic carbocycles. The van der Waals surface area contributed by atoms with Crippen molar-refractivity contribution in [1.82, 2.24) is 19.6 Å².